The van der Waals surface area contributed by atoms with E-state index in [9.17, 15) is 0 Å². The molecule has 2 heteroatoms. The van der Waals surface area contributed by atoms with Crippen LogP contribution < -0.4 is 0 Å². The lowest BCUT2D eigenvalue weighted by molar-refractivity contribution is 0.657. The molecule has 5 rings (SSSR count). The number of fused-ring (bicyclic) bond motifs is 4. The van der Waals surface area contributed by atoms with Gasteiger partial charge in [0.05, 0.1) is 0 Å². The summed E-state index contributed by atoms with van der Waals surface area (Å²) in [6, 6.07) is 12.8. The Morgan fingerprint density at radius 2 is 1.84 bits per heavy atom. The maximum Gasteiger partial charge on any atom is 0.161 e. The predicted molar refractivity (Wildman–Crippen MR) is 103 cm³/mol. The standard InChI is InChI=1S/C23H21NO/c1-14-7-3-5-9-17(14)22-23-19(11-12-24-22)21-15(2)18-10-6-4-8-16(18)13-20(21)25-23/h3,5,7,9,11-13H,4,6,8,10H2,1-2H3. The Balaban J connectivity index is 1.87. The highest BCUT2D eigenvalue weighted by molar-refractivity contribution is 6.10. The van der Waals surface area contributed by atoms with E-state index in [0.717, 1.165) is 22.4 Å². The minimum absolute atomic E-state index is 0.914. The zero-order chi connectivity index (χ0) is 17.0. The fraction of sp³-hybridized carbons (Fsp3) is 0.261. The third-order valence-corrected chi connectivity index (χ3v) is 5.68. The van der Waals surface area contributed by atoms with Crippen LogP contribution in [0.2, 0.25) is 0 Å². The summed E-state index contributed by atoms with van der Waals surface area (Å²) >= 11 is 0. The number of furan rings is 1. The summed E-state index contributed by atoms with van der Waals surface area (Å²) in [5.41, 5.74) is 9.65. The summed E-state index contributed by atoms with van der Waals surface area (Å²) in [5, 5.41) is 2.46. The van der Waals surface area contributed by atoms with E-state index in [1.54, 1.807) is 0 Å². The first-order valence-corrected chi connectivity index (χ1v) is 9.12. The van der Waals surface area contributed by atoms with Crippen LogP contribution in [0.25, 0.3) is 33.2 Å². The van der Waals surface area contributed by atoms with Crippen molar-refractivity contribution in [1.82, 2.24) is 4.98 Å². The van der Waals surface area contributed by atoms with Crippen molar-refractivity contribution in [2.24, 2.45) is 0 Å². The van der Waals surface area contributed by atoms with Gasteiger partial charge in [-0.3, -0.25) is 4.98 Å². The van der Waals surface area contributed by atoms with Crippen molar-refractivity contribution in [3.8, 4) is 11.3 Å². The van der Waals surface area contributed by atoms with Crippen molar-refractivity contribution in [3.05, 3.63) is 64.8 Å². The smallest absolute Gasteiger partial charge is 0.161 e. The van der Waals surface area contributed by atoms with Crippen molar-refractivity contribution in [3.63, 3.8) is 0 Å². The number of pyridine rings is 1. The molecule has 0 saturated carbocycles. The molecule has 0 unspecified atom stereocenters. The molecule has 0 radical (unpaired) electrons. The highest BCUT2D eigenvalue weighted by atomic mass is 16.3. The van der Waals surface area contributed by atoms with E-state index in [2.05, 4.69) is 55.2 Å². The van der Waals surface area contributed by atoms with Crippen LogP contribution >= 0.6 is 0 Å². The largest absolute Gasteiger partial charge is 0.454 e. The Morgan fingerprint density at radius 1 is 1.00 bits per heavy atom. The minimum Gasteiger partial charge on any atom is -0.454 e. The zero-order valence-electron chi connectivity index (χ0n) is 14.7. The first-order valence-electron chi connectivity index (χ1n) is 9.12. The van der Waals surface area contributed by atoms with Crippen LogP contribution in [-0.4, -0.2) is 4.98 Å². The van der Waals surface area contributed by atoms with Gasteiger partial charge >= 0.3 is 0 Å². The van der Waals surface area contributed by atoms with Gasteiger partial charge in [-0.25, -0.2) is 0 Å². The lowest BCUT2D eigenvalue weighted by atomic mass is 9.86. The first-order chi connectivity index (χ1) is 12.2. The number of nitrogens with zero attached hydrogens (tertiary/aromatic N) is 1. The van der Waals surface area contributed by atoms with Crippen LogP contribution in [0, 0.1) is 13.8 Å². The summed E-state index contributed by atoms with van der Waals surface area (Å²) < 4.78 is 6.38. The number of rotatable bonds is 1. The number of hydrogen-bond acceptors (Lipinski definition) is 2. The van der Waals surface area contributed by atoms with E-state index >= 15 is 0 Å². The summed E-state index contributed by atoms with van der Waals surface area (Å²) in [5.74, 6) is 0. The van der Waals surface area contributed by atoms with E-state index in [0.29, 0.717) is 0 Å². The lowest BCUT2D eigenvalue weighted by Crippen LogP contribution is -2.04. The molecule has 4 aromatic rings. The Bertz CT molecular complexity index is 1120. The van der Waals surface area contributed by atoms with Gasteiger partial charge in [0.25, 0.3) is 0 Å². The first kappa shape index (κ1) is 14.7. The van der Waals surface area contributed by atoms with Gasteiger partial charge in [0, 0.05) is 22.5 Å². The molecule has 2 heterocycles. The van der Waals surface area contributed by atoms with Gasteiger partial charge in [-0.1, -0.05) is 24.3 Å². The van der Waals surface area contributed by atoms with E-state index < -0.39 is 0 Å². The maximum atomic E-state index is 6.38. The van der Waals surface area contributed by atoms with Crippen LogP contribution in [-0.2, 0) is 12.8 Å². The Labute approximate surface area is 147 Å². The van der Waals surface area contributed by atoms with Crippen molar-refractivity contribution in [2.75, 3.05) is 0 Å². The van der Waals surface area contributed by atoms with E-state index in [1.165, 1.54) is 58.7 Å². The average molecular weight is 327 g/mol. The van der Waals surface area contributed by atoms with Gasteiger partial charge < -0.3 is 4.42 Å². The molecule has 1 aliphatic carbocycles. The normalized spacial score (nSPS) is 14.2. The van der Waals surface area contributed by atoms with Crippen molar-refractivity contribution >= 4 is 21.9 Å². The quantitative estimate of drug-likeness (QED) is 0.419. The molecule has 1 aliphatic rings. The summed E-state index contributed by atoms with van der Waals surface area (Å²) in [6.45, 7) is 4.39. The second-order valence-corrected chi connectivity index (χ2v) is 7.17. The molecule has 2 aromatic carbocycles. The van der Waals surface area contributed by atoms with Crippen molar-refractivity contribution in [1.29, 1.82) is 0 Å². The summed E-state index contributed by atoms with van der Waals surface area (Å²) in [4.78, 5) is 4.67. The van der Waals surface area contributed by atoms with E-state index in [4.69, 9.17) is 4.42 Å². The van der Waals surface area contributed by atoms with E-state index in [-0.39, 0.29) is 0 Å². The average Bonchev–Trinajstić information content (AvgIpc) is 3.01. The summed E-state index contributed by atoms with van der Waals surface area (Å²) in [7, 11) is 0. The van der Waals surface area contributed by atoms with Gasteiger partial charge in [-0.15, -0.1) is 0 Å². The number of aromatic nitrogens is 1. The molecular weight excluding hydrogens is 306 g/mol. The maximum absolute atomic E-state index is 6.38. The van der Waals surface area contributed by atoms with Crippen LogP contribution in [0.5, 0.6) is 0 Å². The molecule has 0 aliphatic heterocycles. The Kier molecular flexibility index (Phi) is 3.21. The Morgan fingerprint density at radius 3 is 2.72 bits per heavy atom. The van der Waals surface area contributed by atoms with Gasteiger partial charge in [-0.2, -0.15) is 0 Å². The number of aryl methyl sites for hydroxylation is 3. The molecule has 25 heavy (non-hydrogen) atoms. The van der Waals surface area contributed by atoms with Crippen molar-refractivity contribution < 1.29 is 4.42 Å². The molecular formula is C23H21NO. The molecule has 0 amide bonds. The third-order valence-electron chi connectivity index (χ3n) is 5.68. The second kappa shape index (κ2) is 5.45. The van der Waals surface area contributed by atoms with Crippen LogP contribution in [0.3, 0.4) is 0 Å². The molecule has 0 bridgehead atoms. The lowest BCUT2D eigenvalue weighted by Gasteiger charge is -2.18. The fourth-order valence-electron chi connectivity index (χ4n) is 4.39. The molecule has 2 aromatic heterocycles. The van der Waals surface area contributed by atoms with Gasteiger partial charge in [0.2, 0.25) is 0 Å². The second-order valence-electron chi connectivity index (χ2n) is 7.17. The van der Waals surface area contributed by atoms with Crippen LogP contribution in [0.4, 0.5) is 0 Å². The molecule has 0 fully saturated rings. The minimum atomic E-state index is 0.914. The van der Waals surface area contributed by atoms with Gasteiger partial charge in [0.15, 0.2) is 5.58 Å². The molecule has 0 N–H and O–H groups in total. The number of hydrogen-bond donors (Lipinski definition) is 0. The highest BCUT2D eigenvalue weighted by Gasteiger charge is 2.20. The summed E-state index contributed by atoms with van der Waals surface area (Å²) in [6.07, 6.45) is 6.86. The molecule has 124 valence electrons. The highest BCUT2D eigenvalue weighted by Crippen LogP contribution is 2.40. The predicted octanol–water partition coefficient (Wildman–Crippen LogP) is 6.14. The van der Waals surface area contributed by atoms with Gasteiger partial charge in [0.1, 0.15) is 11.3 Å². The molecule has 0 atom stereocenters. The van der Waals surface area contributed by atoms with Crippen molar-refractivity contribution in [2.45, 2.75) is 39.5 Å². The monoisotopic (exact) mass is 327 g/mol. The van der Waals surface area contributed by atoms with Crippen LogP contribution in [0.15, 0.2) is 47.0 Å². The topological polar surface area (TPSA) is 26.0 Å². The van der Waals surface area contributed by atoms with E-state index in [1.807, 2.05) is 6.20 Å². The van der Waals surface area contributed by atoms with Gasteiger partial charge in [-0.05, 0) is 73.9 Å². The zero-order valence-corrected chi connectivity index (χ0v) is 14.7. The number of benzene rings is 2. The third kappa shape index (κ3) is 2.13. The SMILES string of the molecule is Cc1ccccc1-c1nccc2c1oc1cc3c(c(C)c12)CCCC3. The Hall–Kier alpha value is -2.61. The molecule has 0 spiro atoms. The fourth-order valence-corrected chi connectivity index (χ4v) is 4.39. The molecule has 0 saturated heterocycles. The molecule has 2 nitrogen and oxygen atoms in total. The van der Waals surface area contributed by atoms with Crippen LogP contribution in [0.1, 0.15) is 35.1 Å².